The summed E-state index contributed by atoms with van der Waals surface area (Å²) in [7, 11) is -3.48. The number of aryl methyl sites for hydroxylation is 1. The van der Waals surface area contributed by atoms with E-state index in [-0.39, 0.29) is 6.61 Å². The molecule has 1 fully saturated rings. The lowest BCUT2D eigenvalue weighted by atomic mass is 10.1. The summed E-state index contributed by atoms with van der Waals surface area (Å²) in [6.07, 6.45) is -0.647. The molecular weight excluding hydrogens is 412 g/mol. The fourth-order valence-corrected chi connectivity index (χ4v) is 5.23. The zero-order valence-electron chi connectivity index (χ0n) is 17.6. The molecule has 0 bridgehead atoms. The topological polar surface area (TPSA) is 70.1 Å². The predicted molar refractivity (Wildman–Crippen MR) is 122 cm³/mol. The molecule has 1 atom stereocenters. The van der Waals surface area contributed by atoms with Gasteiger partial charge in [-0.25, -0.2) is 8.42 Å². The molecule has 0 aliphatic carbocycles. The second-order valence-corrected chi connectivity index (χ2v) is 9.93. The number of rotatable bonds is 7. The highest BCUT2D eigenvalue weighted by Gasteiger charge is 2.29. The summed E-state index contributed by atoms with van der Waals surface area (Å²) in [4.78, 5) is 2.41. The number of ether oxygens (including phenoxy) is 1. The summed E-state index contributed by atoms with van der Waals surface area (Å²) in [6, 6.07) is 20.9. The van der Waals surface area contributed by atoms with E-state index in [4.69, 9.17) is 4.74 Å². The van der Waals surface area contributed by atoms with Gasteiger partial charge in [0, 0.05) is 32.7 Å². The number of aliphatic hydroxyl groups is 1. The highest BCUT2D eigenvalue weighted by Crippen LogP contribution is 2.21. The van der Waals surface area contributed by atoms with E-state index >= 15 is 0 Å². The number of fused-ring (bicyclic) bond motifs is 1. The first-order chi connectivity index (χ1) is 14.9. The van der Waals surface area contributed by atoms with Crippen molar-refractivity contribution in [3.05, 3.63) is 72.3 Å². The van der Waals surface area contributed by atoms with E-state index in [2.05, 4.69) is 4.90 Å². The molecule has 0 unspecified atom stereocenters. The van der Waals surface area contributed by atoms with Crippen LogP contribution in [0.3, 0.4) is 0 Å². The molecule has 1 N–H and O–H groups in total. The Morgan fingerprint density at radius 1 is 0.935 bits per heavy atom. The number of hydrogen-bond donors (Lipinski definition) is 1. The van der Waals surface area contributed by atoms with E-state index in [1.165, 1.54) is 4.31 Å². The molecule has 3 aromatic carbocycles. The average Bonchev–Trinajstić information content (AvgIpc) is 2.78. The van der Waals surface area contributed by atoms with Crippen LogP contribution < -0.4 is 4.74 Å². The molecule has 0 amide bonds. The van der Waals surface area contributed by atoms with Crippen molar-refractivity contribution in [2.75, 3.05) is 39.3 Å². The largest absolute Gasteiger partial charge is 0.491 e. The Morgan fingerprint density at radius 2 is 1.61 bits per heavy atom. The number of sulfonamides is 1. The first-order valence-corrected chi connectivity index (χ1v) is 11.9. The lowest BCUT2D eigenvalue weighted by Gasteiger charge is -2.34. The summed E-state index contributed by atoms with van der Waals surface area (Å²) < 4.78 is 32.9. The number of β-amino-alcohol motifs (C(OH)–C–C–N with tert-alkyl or cyclic N) is 1. The minimum atomic E-state index is -3.48. The Labute approximate surface area is 183 Å². The number of nitrogens with zero attached hydrogens (tertiary/aromatic N) is 2. The lowest BCUT2D eigenvalue weighted by molar-refractivity contribution is 0.0569. The quantitative estimate of drug-likeness (QED) is 0.612. The minimum Gasteiger partial charge on any atom is -0.491 e. The van der Waals surface area contributed by atoms with Crippen LogP contribution in [0.25, 0.3) is 10.8 Å². The Bertz CT molecular complexity index is 1120. The molecule has 3 aromatic rings. The van der Waals surface area contributed by atoms with Crippen LogP contribution in [0.2, 0.25) is 0 Å². The maximum Gasteiger partial charge on any atom is 0.243 e. The highest BCUT2D eigenvalue weighted by atomic mass is 32.2. The third-order valence-electron chi connectivity index (χ3n) is 5.62. The second-order valence-electron chi connectivity index (χ2n) is 7.99. The van der Waals surface area contributed by atoms with Crippen LogP contribution >= 0.6 is 0 Å². The van der Waals surface area contributed by atoms with Gasteiger partial charge in [0.2, 0.25) is 10.0 Å². The summed E-state index contributed by atoms with van der Waals surface area (Å²) in [5.41, 5.74) is 1.03. The minimum absolute atomic E-state index is 0.195. The van der Waals surface area contributed by atoms with E-state index in [0.29, 0.717) is 37.6 Å². The normalized spacial score (nSPS) is 17.0. The van der Waals surface area contributed by atoms with Crippen molar-refractivity contribution < 1.29 is 18.3 Å². The van der Waals surface area contributed by atoms with Crippen LogP contribution in [-0.2, 0) is 10.0 Å². The van der Waals surface area contributed by atoms with Gasteiger partial charge in [-0.2, -0.15) is 4.31 Å². The van der Waals surface area contributed by atoms with Crippen molar-refractivity contribution >= 4 is 20.8 Å². The lowest BCUT2D eigenvalue weighted by Crippen LogP contribution is -2.50. The Kier molecular flexibility index (Phi) is 6.57. The van der Waals surface area contributed by atoms with Crippen molar-refractivity contribution in [1.29, 1.82) is 0 Å². The number of benzene rings is 3. The summed E-state index contributed by atoms with van der Waals surface area (Å²) in [6.45, 7) is 4.57. The van der Waals surface area contributed by atoms with Gasteiger partial charge in [0.25, 0.3) is 0 Å². The molecule has 0 spiro atoms. The van der Waals surface area contributed by atoms with Crippen LogP contribution in [0.1, 0.15) is 5.56 Å². The van der Waals surface area contributed by atoms with Crippen molar-refractivity contribution in [2.24, 2.45) is 0 Å². The van der Waals surface area contributed by atoms with E-state index in [1.54, 1.807) is 12.1 Å². The molecule has 4 rings (SSSR count). The van der Waals surface area contributed by atoms with Crippen molar-refractivity contribution in [3.63, 3.8) is 0 Å². The summed E-state index contributed by atoms with van der Waals surface area (Å²) in [5, 5.41) is 12.7. The van der Waals surface area contributed by atoms with Gasteiger partial charge in [-0.3, -0.25) is 4.90 Å². The smallest absolute Gasteiger partial charge is 0.243 e. The summed E-state index contributed by atoms with van der Waals surface area (Å²) in [5.74, 6) is 0.728. The molecule has 0 aromatic heterocycles. The van der Waals surface area contributed by atoms with Gasteiger partial charge < -0.3 is 9.84 Å². The SMILES string of the molecule is Cc1ccc(S(=O)(=O)N2CCN(C[C@@H](O)COc3ccc4ccccc4c3)CC2)cc1. The molecule has 31 heavy (non-hydrogen) atoms. The molecule has 1 aliphatic heterocycles. The molecule has 1 heterocycles. The standard InChI is InChI=1S/C24H28N2O4S/c1-19-6-10-24(11-7-19)31(28,29)26-14-12-25(13-15-26)17-22(27)18-30-23-9-8-20-4-2-3-5-21(20)16-23/h2-11,16,22,27H,12-15,17-18H2,1H3/t22-/m1/s1. The predicted octanol–water partition coefficient (Wildman–Crippen LogP) is 2.89. The van der Waals surface area contributed by atoms with Crippen LogP contribution in [0.5, 0.6) is 5.75 Å². The van der Waals surface area contributed by atoms with Gasteiger partial charge in [-0.05, 0) is 42.0 Å². The molecule has 0 radical (unpaired) electrons. The molecule has 0 saturated carbocycles. The van der Waals surface area contributed by atoms with E-state index in [1.807, 2.05) is 61.5 Å². The molecule has 164 valence electrons. The molecular formula is C24H28N2O4S. The first kappa shape index (κ1) is 21.8. The van der Waals surface area contributed by atoms with E-state index < -0.39 is 16.1 Å². The fourth-order valence-electron chi connectivity index (χ4n) is 3.81. The number of piperazine rings is 1. The number of aliphatic hydroxyl groups excluding tert-OH is 1. The van der Waals surface area contributed by atoms with Crippen molar-refractivity contribution in [1.82, 2.24) is 9.21 Å². The van der Waals surface area contributed by atoms with Crippen molar-refractivity contribution in [3.8, 4) is 5.75 Å². The Morgan fingerprint density at radius 3 is 2.32 bits per heavy atom. The van der Waals surface area contributed by atoms with Gasteiger partial charge in [0.05, 0.1) is 4.90 Å². The van der Waals surface area contributed by atoms with Gasteiger partial charge in [0.15, 0.2) is 0 Å². The third-order valence-corrected chi connectivity index (χ3v) is 7.54. The average molecular weight is 441 g/mol. The molecule has 7 heteroatoms. The highest BCUT2D eigenvalue weighted by molar-refractivity contribution is 7.89. The van der Waals surface area contributed by atoms with Gasteiger partial charge in [-0.1, -0.05) is 48.0 Å². The van der Waals surface area contributed by atoms with Crippen LogP contribution in [-0.4, -0.2) is 68.2 Å². The van der Waals surface area contributed by atoms with Gasteiger partial charge in [-0.15, -0.1) is 0 Å². The maximum absolute atomic E-state index is 12.8. The monoisotopic (exact) mass is 440 g/mol. The van der Waals surface area contributed by atoms with E-state index in [9.17, 15) is 13.5 Å². The van der Waals surface area contributed by atoms with Crippen molar-refractivity contribution in [2.45, 2.75) is 17.9 Å². The first-order valence-electron chi connectivity index (χ1n) is 10.5. The van der Waals surface area contributed by atoms with Crippen LogP contribution in [0.15, 0.2) is 71.6 Å². The Hall–Kier alpha value is -2.45. The maximum atomic E-state index is 12.8. The zero-order valence-corrected chi connectivity index (χ0v) is 18.5. The fraction of sp³-hybridized carbons (Fsp3) is 0.333. The van der Waals surface area contributed by atoms with Gasteiger partial charge in [0.1, 0.15) is 18.5 Å². The van der Waals surface area contributed by atoms with E-state index in [0.717, 1.165) is 22.1 Å². The third kappa shape index (κ3) is 5.25. The van der Waals surface area contributed by atoms with Crippen LogP contribution in [0.4, 0.5) is 0 Å². The second kappa shape index (κ2) is 9.36. The zero-order chi connectivity index (χ0) is 21.8. The molecule has 1 aliphatic rings. The molecule has 1 saturated heterocycles. The Balaban J connectivity index is 1.26. The van der Waals surface area contributed by atoms with Crippen LogP contribution in [0, 0.1) is 6.92 Å². The molecule has 6 nitrogen and oxygen atoms in total. The summed E-state index contributed by atoms with van der Waals surface area (Å²) >= 11 is 0. The number of hydrogen-bond acceptors (Lipinski definition) is 5. The van der Waals surface area contributed by atoms with Gasteiger partial charge >= 0.3 is 0 Å².